The summed E-state index contributed by atoms with van der Waals surface area (Å²) in [5, 5.41) is 5.10. The van der Waals surface area contributed by atoms with E-state index < -0.39 is 11.7 Å². The van der Waals surface area contributed by atoms with E-state index in [0.29, 0.717) is 17.9 Å². The predicted octanol–water partition coefficient (Wildman–Crippen LogP) is 4.10. The van der Waals surface area contributed by atoms with Gasteiger partial charge in [0.2, 0.25) is 5.91 Å². The van der Waals surface area contributed by atoms with Crippen molar-refractivity contribution in [3.8, 4) is 0 Å². The lowest BCUT2D eigenvalue weighted by Crippen LogP contribution is -2.17. The predicted molar refractivity (Wildman–Crippen MR) is 102 cm³/mol. The lowest BCUT2D eigenvalue weighted by Gasteiger charge is -2.22. The highest BCUT2D eigenvalue weighted by Gasteiger charge is 2.17. The van der Waals surface area contributed by atoms with Crippen molar-refractivity contribution in [3.63, 3.8) is 0 Å². The largest absolute Gasteiger partial charge is 0.381 e. The van der Waals surface area contributed by atoms with Crippen LogP contribution in [-0.2, 0) is 9.53 Å². The first kappa shape index (κ1) is 18.8. The van der Waals surface area contributed by atoms with Crippen LogP contribution in [0.5, 0.6) is 0 Å². The van der Waals surface area contributed by atoms with Gasteiger partial charge < -0.3 is 15.4 Å². The van der Waals surface area contributed by atoms with Gasteiger partial charge in [-0.1, -0.05) is 18.7 Å². The standard InChI is InChI=1S/C21H21FN2O3/c1-2-20(25)24-19-12-17(8-9-18(19)22)23-21(26)15-6-3-5-14(11-15)16-7-4-10-27-13-16/h2-3,5-6,8-9,11-12,16H,1,4,7,10,13H2,(H,23,26)(H,24,25). The molecule has 0 radical (unpaired) electrons. The molecule has 1 unspecified atom stereocenters. The maximum atomic E-state index is 13.8. The maximum Gasteiger partial charge on any atom is 0.255 e. The minimum atomic E-state index is -0.595. The topological polar surface area (TPSA) is 67.4 Å². The molecule has 0 aliphatic carbocycles. The minimum Gasteiger partial charge on any atom is -0.381 e. The van der Waals surface area contributed by atoms with Gasteiger partial charge in [0.05, 0.1) is 12.3 Å². The summed E-state index contributed by atoms with van der Waals surface area (Å²) in [4.78, 5) is 24.0. The van der Waals surface area contributed by atoms with E-state index in [2.05, 4.69) is 17.2 Å². The molecule has 1 saturated heterocycles. The number of rotatable bonds is 5. The van der Waals surface area contributed by atoms with Crippen molar-refractivity contribution in [1.82, 2.24) is 0 Å². The van der Waals surface area contributed by atoms with Crippen LogP contribution in [0.3, 0.4) is 0 Å². The van der Waals surface area contributed by atoms with E-state index in [4.69, 9.17) is 4.74 Å². The monoisotopic (exact) mass is 368 g/mol. The third-order valence-electron chi connectivity index (χ3n) is 4.45. The Morgan fingerprint density at radius 2 is 2.04 bits per heavy atom. The van der Waals surface area contributed by atoms with Crippen LogP contribution in [0.1, 0.15) is 34.7 Å². The number of carbonyl (C=O) groups excluding carboxylic acids is 2. The van der Waals surface area contributed by atoms with Crippen LogP contribution in [0.2, 0.25) is 0 Å². The normalized spacial score (nSPS) is 16.4. The second kappa shape index (κ2) is 8.60. The quantitative estimate of drug-likeness (QED) is 0.781. The van der Waals surface area contributed by atoms with E-state index in [1.165, 1.54) is 18.2 Å². The molecule has 5 nitrogen and oxygen atoms in total. The van der Waals surface area contributed by atoms with Gasteiger partial charge in [-0.15, -0.1) is 0 Å². The first-order valence-corrected chi connectivity index (χ1v) is 8.79. The Balaban J connectivity index is 1.74. The second-order valence-electron chi connectivity index (χ2n) is 6.38. The van der Waals surface area contributed by atoms with Crippen LogP contribution in [0.4, 0.5) is 15.8 Å². The van der Waals surface area contributed by atoms with E-state index in [9.17, 15) is 14.0 Å². The van der Waals surface area contributed by atoms with Gasteiger partial charge in [-0.2, -0.15) is 0 Å². The molecule has 1 aliphatic heterocycles. The first-order chi connectivity index (χ1) is 13.1. The zero-order chi connectivity index (χ0) is 19.2. The lowest BCUT2D eigenvalue weighted by atomic mass is 9.92. The summed E-state index contributed by atoms with van der Waals surface area (Å²) in [6, 6.07) is 11.4. The molecule has 3 rings (SSSR count). The van der Waals surface area contributed by atoms with Crippen LogP contribution in [0, 0.1) is 5.82 Å². The SMILES string of the molecule is C=CC(=O)Nc1cc(NC(=O)c2cccc(C3CCCOC3)c2)ccc1F. The number of benzene rings is 2. The molecule has 0 spiro atoms. The highest BCUT2D eigenvalue weighted by atomic mass is 19.1. The molecular formula is C21H21FN2O3. The fraction of sp³-hybridized carbons (Fsp3) is 0.238. The zero-order valence-electron chi connectivity index (χ0n) is 14.8. The molecule has 1 fully saturated rings. The molecule has 1 heterocycles. The fourth-order valence-corrected chi connectivity index (χ4v) is 3.02. The Hall–Kier alpha value is -2.99. The number of carbonyl (C=O) groups is 2. The van der Waals surface area contributed by atoms with Crippen LogP contribution in [-0.4, -0.2) is 25.0 Å². The number of anilines is 2. The van der Waals surface area contributed by atoms with Gasteiger partial charge in [-0.05, 0) is 54.8 Å². The molecule has 2 aromatic rings. The molecule has 1 aliphatic rings. The molecule has 0 bridgehead atoms. The fourth-order valence-electron chi connectivity index (χ4n) is 3.02. The van der Waals surface area contributed by atoms with E-state index in [0.717, 1.165) is 31.1 Å². The number of halogens is 1. The molecule has 140 valence electrons. The summed E-state index contributed by atoms with van der Waals surface area (Å²) in [6.45, 7) is 4.78. The van der Waals surface area contributed by atoms with Crippen LogP contribution < -0.4 is 10.6 Å². The number of hydrogen-bond acceptors (Lipinski definition) is 3. The van der Waals surface area contributed by atoms with Crippen molar-refractivity contribution in [2.24, 2.45) is 0 Å². The average Bonchev–Trinajstić information content (AvgIpc) is 2.71. The molecular weight excluding hydrogens is 347 g/mol. The highest BCUT2D eigenvalue weighted by Crippen LogP contribution is 2.26. The van der Waals surface area contributed by atoms with Gasteiger partial charge in [-0.3, -0.25) is 9.59 Å². The summed E-state index contributed by atoms with van der Waals surface area (Å²) < 4.78 is 19.3. The van der Waals surface area contributed by atoms with E-state index in [-0.39, 0.29) is 17.5 Å². The Morgan fingerprint density at radius 1 is 1.19 bits per heavy atom. The maximum absolute atomic E-state index is 13.8. The second-order valence-corrected chi connectivity index (χ2v) is 6.38. The first-order valence-electron chi connectivity index (χ1n) is 8.79. The summed E-state index contributed by atoms with van der Waals surface area (Å²) in [5.74, 6) is -1.14. The van der Waals surface area contributed by atoms with E-state index >= 15 is 0 Å². The summed E-state index contributed by atoms with van der Waals surface area (Å²) >= 11 is 0. The zero-order valence-corrected chi connectivity index (χ0v) is 14.8. The van der Waals surface area contributed by atoms with Crippen molar-refractivity contribution in [3.05, 3.63) is 72.1 Å². The summed E-state index contributed by atoms with van der Waals surface area (Å²) in [5.41, 5.74) is 1.94. The highest BCUT2D eigenvalue weighted by molar-refractivity contribution is 6.05. The summed E-state index contributed by atoms with van der Waals surface area (Å²) in [7, 11) is 0. The van der Waals surface area contributed by atoms with Crippen LogP contribution in [0.15, 0.2) is 55.1 Å². The third kappa shape index (κ3) is 4.80. The average molecular weight is 368 g/mol. The Labute approximate surface area is 157 Å². The van der Waals surface area contributed by atoms with Crippen LogP contribution >= 0.6 is 0 Å². The van der Waals surface area contributed by atoms with Gasteiger partial charge in [0.25, 0.3) is 5.91 Å². The Bertz CT molecular complexity index is 860. The Kier molecular flexibility index (Phi) is 5.98. The molecule has 2 N–H and O–H groups in total. The van der Waals surface area contributed by atoms with Gasteiger partial charge >= 0.3 is 0 Å². The molecule has 27 heavy (non-hydrogen) atoms. The molecule has 2 amide bonds. The Morgan fingerprint density at radius 3 is 2.78 bits per heavy atom. The minimum absolute atomic E-state index is 0.0224. The molecule has 6 heteroatoms. The van der Waals surface area contributed by atoms with Crippen molar-refractivity contribution < 1.29 is 18.7 Å². The number of ether oxygens (including phenoxy) is 1. The van der Waals surface area contributed by atoms with E-state index in [1.54, 1.807) is 6.07 Å². The van der Waals surface area contributed by atoms with E-state index in [1.807, 2.05) is 18.2 Å². The van der Waals surface area contributed by atoms with Gasteiger partial charge in [-0.25, -0.2) is 4.39 Å². The number of hydrogen-bond donors (Lipinski definition) is 2. The van der Waals surface area contributed by atoms with Gasteiger partial charge in [0, 0.05) is 23.8 Å². The molecule has 1 atom stereocenters. The number of nitrogens with one attached hydrogen (secondary N) is 2. The van der Waals surface area contributed by atoms with Crippen molar-refractivity contribution in [2.45, 2.75) is 18.8 Å². The van der Waals surface area contributed by atoms with Crippen LogP contribution in [0.25, 0.3) is 0 Å². The van der Waals surface area contributed by atoms with Crippen molar-refractivity contribution in [2.75, 3.05) is 23.8 Å². The number of amides is 2. The van der Waals surface area contributed by atoms with Gasteiger partial charge in [0.1, 0.15) is 5.82 Å². The molecule has 2 aromatic carbocycles. The van der Waals surface area contributed by atoms with Crippen molar-refractivity contribution >= 4 is 23.2 Å². The molecule has 0 saturated carbocycles. The smallest absolute Gasteiger partial charge is 0.255 e. The lowest BCUT2D eigenvalue weighted by molar-refractivity contribution is -0.111. The molecule has 0 aromatic heterocycles. The third-order valence-corrected chi connectivity index (χ3v) is 4.45. The van der Waals surface area contributed by atoms with Gasteiger partial charge in [0.15, 0.2) is 0 Å². The summed E-state index contributed by atoms with van der Waals surface area (Å²) in [6.07, 6.45) is 3.09. The van der Waals surface area contributed by atoms with Crippen molar-refractivity contribution in [1.29, 1.82) is 0 Å².